The molecule has 0 amide bonds. The average molecular weight is 434 g/mol. The molecule has 1 heterocycles. The fourth-order valence-corrected chi connectivity index (χ4v) is 4.07. The molecule has 0 spiro atoms. The number of hydrogen-bond acceptors (Lipinski definition) is 3. The highest BCUT2D eigenvalue weighted by Gasteiger charge is 2.33. The van der Waals surface area contributed by atoms with Crippen LogP contribution in [0, 0.1) is 0 Å². The number of benzene rings is 2. The number of rotatable bonds is 3. The molecule has 0 fully saturated rings. The van der Waals surface area contributed by atoms with Crippen molar-refractivity contribution in [2.45, 2.75) is 6.18 Å². The number of hydrogen-bond donors (Lipinski definition) is 1. The minimum Gasteiger partial charge on any atom is -0.278 e. The molecule has 3 rings (SSSR count). The van der Waals surface area contributed by atoms with Crippen molar-refractivity contribution in [1.82, 2.24) is 0 Å². The van der Waals surface area contributed by atoms with Crippen molar-refractivity contribution in [3.8, 4) is 0 Å². The molecule has 3 aromatic rings. The second kappa shape index (κ2) is 6.74. The Balaban J connectivity index is 1.91. The van der Waals surface area contributed by atoms with Gasteiger partial charge < -0.3 is 0 Å². The lowest BCUT2D eigenvalue weighted by atomic mass is 10.2. The Labute approximate surface area is 153 Å². The lowest BCUT2D eigenvalue weighted by Crippen LogP contribution is -2.08. The van der Waals surface area contributed by atoms with E-state index < -0.39 is 11.7 Å². The lowest BCUT2D eigenvalue weighted by molar-refractivity contribution is -0.136. The SMILES string of the molecule is FC(F)(F)c1ccccc1N/N=C\c1c(Br)sc2ccc(Cl)cc12. The zero-order chi connectivity index (χ0) is 17.3. The molecule has 0 aliphatic heterocycles. The number of anilines is 1. The first-order chi connectivity index (χ1) is 11.4. The lowest BCUT2D eigenvalue weighted by Gasteiger charge is -2.11. The van der Waals surface area contributed by atoms with Crippen LogP contribution in [0.25, 0.3) is 10.1 Å². The summed E-state index contributed by atoms with van der Waals surface area (Å²) in [7, 11) is 0. The third-order valence-electron chi connectivity index (χ3n) is 3.25. The Hall–Kier alpha value is -1.57. The molecule has 0 unspecified atom stereocenters. The smallest absolute Gasteiger partial charge is 0.278 e. The third-order valence-corrected chi connectivity index (χ3v) is 5.38. The number of alkyl halides is 3. The summed E-state index contributed by atoms with van der Waals surface area (Å²) in [5.74, 6) is 0. The highest BCUT2D eigenvalue weighted by molar-refractivity contribution is 9.11. The monoisotopic (exact) mass is 432 g/mol. The van der Waals surface area contributed by atoms with E-state index in [0.717, 1.165) is 25.5 Å². The molecule has 0 atom stereocenters. The van der Waals surface area contributed by atoms with Gasteiger partial charge in [0.05, 0.1) is 21.3 Å². The minimum absolute atomic E-state index is 0.102. The van der Waals surface area contributed by atoms with Crippen LogP contribution in [0.5, 0.6) is 0 Å². The molecular formula is C16H9BrClF3N2S. The molecule has 0 saturated carbocycles. The fourth-order valence-electron chi connectivity index (χ4n) is 2.17. The molecule has 1 N–H and O–H groups in total. The van der Waals surface area contributed by atoms with E-state index in [-0.39, 0.29) is 5.69 Å². The Kier molecular flexibility index (Phi) is 4.85. The maximum absolute atomic E-state index is 13.0. The fraction of sp³-hybridized carbons (Fsp3) is 0.0625. The molecule has 0 saturated heterocycles. The summed E-state index contributed by atoms with van der Waals surface area (Å²) in [5.41, 5.74) is 2.36. The molecule has 0 aliphatic rings. The normalized spacial score (nSPS) is 12.2. The van der Waals surface area contributed by atoms with Crippen LogP contribution in [0.4, 0.5) is 18.9 Å². The first-order valence-electron chi connectivity index (χ1n) is 6.69. The van der Waals surface area contributed by atoms with Crippen molar-refractivity contribution in [2.24, 2.45) is 5.10 Å². The van der Waals surface area contributed by atoms with Gasteiger partial charge in [-0.15, -0.1) is 11.3 Å². The Morgan fingerprint density at radius 1 is 1.17 bits per heavy atom. The molecule has 2 aromatic carbocycles. The van der Waals surface area contributed by atoms with E-state index >= 15 is 0 Å². The van der Waals surface area contributed by atoms with E-state index in [0.29, 0.717) is 5.02 Å². The molecule has 124 valence electrons. The Bertz CT molecular complexity index is 921. The van der Waals surface area contributed by atoms with Crippen LogP contribution in [0.2, 0.25) is 5.02 Å². The number of nitrogens with one attached hydrogen (secondary N) is 1. The van der Waals surface area contributed by atoms with Crippen molar-refractivity contribution in [3.05, 3.63) is 62.4 Å². The molecule has 0 aliphatic carbocycles. The summed E-state index contributed by atoms with van der Waals surface area (Å²) < 4.78 is 40.7. The quantitative estimate of drug-likeness (QED) is 0.357. The van der Waals surface area contributed by atoms with Crippen molar-refractivity contribution >= 4 is 60.9 Å². The van der Waals surface area contributed by atoms with Gasteiger partial charge >= 0.3 is 6.18 Å². The molecule has 0 bridgehead atoms. The van der Waals surface area contributed by atoms with Crippen LogP contribution in [0.15, 0.2) is 51.4 Å². The second-order valence-electron chi connectivity index (χ2n) is 4.84. The van der Waals surface area contributed by atoms with E-state index in [9.17, 15) is 13.2 Å². The van der Waals surface area contributed by atoms with Crippen LogP contribution < -0.4 is 5.43 Å². The first kappa shape index (κ1) is 17.3. The van der Waals surface area contributed by atoms with Gasteiger partial charge in [-0.05, 0) is 46.3 Å². The van der Waals surface area contributed by atoms with Crippen molar-refractivity contribution in [1.29, 1.82) is 0 Å². The third kappa shape index (κ3) is 3.58. The van der Waals surface area contributed by atoms with Gasteiger partial charge in [-0.3, -0.25) is 5.43 Å². The highest BCUT2D eigenvalue weighted by Crippen LogP contribution is 2.36. The molecular weight excluding hydrogens is 425 g/mol. The maximum atomic E-state index is 13.0. The Morgan fingerprint density at radius 3 is 2.67 bits per heavy atom. The van der Waals surface area contributed by atoms with Gasteiger partial charge in [0, 0.05) is 20.7 Å². The molecule has 24 heavy (non-hydrogen) atoms. The predicted octanol–water partition coefficient (Wildman–Crippen LogP) is 6.78. The summed E-state index contributed by atoms with van der Waals surface area (Å²) in [6.07, 6.45) is -2.96. The minimum atomic E-state index is -4.44. The van der Waals surface area contributed by atoms with E-state index in [2.05, 4.69) is 26.5 Å². The zero-order valence-corrected chi connectivity index (χ0v) is 15.0. The highest BCUT2D eigenvalue weighted by atomic mass is 79.9. The van der Waals surface area contributed by atoms with Gasteiger partial charge in [0.1, 0.15) is 0 Å². The van der Waals surface area contributed by atoms with Crippen molar-refractivity contribution < 1.29 is 13.2 Å². The summed E-state index contributed by atoms with van der Waals surface area (Å²) >= 11 is 10.9. The number of halogens is 5. The average Bonchev–Trinajstić information content (AvgIpc) is 2.82. The van der Waals surface area contributed by atoms with Crippen LogP contribution in [-0.2, 0) is 6.18 Å². The van der Waals surface area contributed by atoms with E-state index in [4.69, 9.17) is 11.6 Å². The van der Waals surface area contributed by atoms with Crippen LogP contribution >= 0.6 is 38.9 Å². The maximum Gasteiger partial charge on any atom is 0.418 e. The summed E-state index contributed by atoms with van der Waals surface area (Å²) in [4.78, 5) is 0. The van der Waals surface area contributed by atoms with Crippen LogP contribution in [0.1, 0.15) is 11.1 Å². The predicted molar refractivity (Wildman–Crippen MR) is 97.2 cm³/mol. The first-order valence-corrected chi connectivity index (χ1v) is 8.68. The summed E-state index contributed by atoms with van der Waals surface area (Å²) in [6, 6.07) is 10.7. The number of para-hydroxylation sites is 1. The standard InChI is InChI=1S/C16H9BrClF3N2S/c17-15-11(10-7-9(18)5-6-14(10)24-15)8-22-23-13-4-2-1-3-12(13)16(19,20)21/h1-8,23H/b22-8-. The van der Waals surface area contributed by atoms with Gasteiger partial charge in [-0.25, -0.2) is 0 Å². The number of nitrogens with zero attached hydrogens (tertiary/aromatic N) is 1. The molecule has 0 radical (unpaired) electrons. The van der Waals surface area contributed by atoms with Gasteiger partial charge in [0.15, 0.2) is 0 Å². The summed E-state index contributed by atoms with van der Waals surface area (Å²) in [5, 5.41) is 5.42. The van der Waals surface area contributed by atoms with Gasteiger partial charge in [-0.1, -0.05) is 23.7 Å². The largest absolute Gasteiger partial charge is 0.418 e. The molecule has 1 aromatic heterocycles. The zero-order valence-electron chi connectivity index (χ0n) is 11.9. The molecule has 8 heteroatoms. The Morgan fingerprint density at radius 2 is 1.92 bits per heavy atom. The number of hydrazone groups is 1. The number of thiophene rings is 1. The number of fused-ring (bicyclic) bond motifs is 1. The van der Waals surface area contributed by atoms with Crippen LogP contribution in [0.3, 0.4) is 0 Å². The summed E-state index contributed by atoms with van der Waals surface area (Å²) in [6.45, 7) is 0. The second-order valence-corrected chi connectivity index (χ2v) is 7.65. The van der Waals surface area contributed by atoms with Crippen molar-refractivity contribution in [3.63, 3.8) is 0 Å². The van der Waals surface area contributed by atoms with E-state index in [1.54, 1.807) is 12.1 Å². The van der Waals surface area contributed by atoms with E-state index in [1.807, 2.05) is 6.07 Å². The van der Waals surface area contributed by atoms with E-state index in [1.165, 1.54) is 35.8 Å². The van der Waals surface area contributed by atoms with Crippen LogP contribution in [-0.4, -0.2) is 6.21 Å². The van der Waals surface area contributed by atoms with Gasteiger partial charge in [0.2, 0.25) is 0 Å². The molecule has 2 nitrogen and oxygen atoms in total. The van der Waals surface area contributed by atoms with Crippen molar-refractivity contribution in [2.75, 3.05) is 5.43 Å². The topological polar surface area (TPSA) is 24.4 Å². The van der Waals surface area contributed by atoms with Gasteiger partial charge in [0.25, 0.3) is 0 Å². The van der Waals surface area contributed by atoms with Gasteiger partial charge in [-0.2, -0.15) is 18.3 Å².